The normalized spacial score (nSPS) is 19.9. The molecule has 3 heterocycles. The summed E-state index contributed by atoms with van der Waals surface area (Å²) in [6.07, 6.45) is 6.05. The van der Waals surface area contributed by atoms with Crippen LogP contribution in [0.15, 0.2) is 11.0 Å². The third kappa shape index (κ3) is 3.23. The van der Waals surface area contributed by atoms with Crippen molar-refractivity contribution in [2.75, 3.05) is 26.2 Å². The van der Waals surface area contributed by atoms with Crippen molar-refractivity contribution in [3.63, 3.8) is 0 Å². The monoisotopic (exact) mass is 306 g/mol. The molecule has 120 valence electrons. The molecule has 0 atom stereocenters. The molecule has 7 nitrogen and oxygen atoms in total. The second kappa shape index (κ2) is 6.37. The van der Waals surface area contributed by atoms with Gasteiger partial charge in [0.05, 0.1) is 0 Å². The first-order chi connectivity index (χ1) is 10.6. The smallest absolute Gasteiger partial charge is 0.323 e. The van der Waals surface area contributed by atoms with Crippen molar-refractivity contribution in [2.45, 2.75) is 32.1 Å². The third-order valence-corrected chi connectivity index (χ3v) is 4.71. The van der Waals surface area contributed by atoms with E-state index in [9.17, 15) is 14.4 Å². The fourth-order valence-corrected chi connectivity index (χ4v) is 3.32. The lowest BCUT2D eigenvalue weighted by Crippen LogP contribution is -2.39. The predicted octanol–water partition coefficient (Wildman–Crippen LogP) is 0.568. The van der Waals surface area contributed by atoms with Gasteiger partial charge in [-0.2, -0.15) is 0 Å². The molecule has 0 bridgehead atoms. The molecule has 0 spiro atoms. The molecule has 1 aromatic heterocycles. The van der Waals surface area contributed by atoms with Gasteiger partial charge >= 0.3 is 5.69 Å². The summed E-state index contributed by atoms with van der Waals surface area (Å²) in [4.78, 5) is 43.6. The Hall–Kier alpha value is -2.05. The van der Waals surface area contributed by atoms with Gasteiger partial charge in [0.15, 0.2) is 0 Å². The Morgan fingerprint density at radius 2 is 2.00 bits per heavy atom. The molecule has 0 unspecified atom stereocenters. The summed E-state index contributed by atoms with van der Waals surface area (Å²) in [5, 5.41) is 0. The van der Waals surface area contributed by atoms with Crippen molar-refractivity contribution in [3.05, 3.63) is 22.4 Å². The number of hydrogen-bond acceptors (Lipinski definition) is 3. The van der Waals surface area contributed by atoms with Crippen LogP contribution in [0.2, 0.25) is 0 Å². The molecule has 0 aliphatic carbocycles. The highest BCUT2D eigenvalue weighted by atomic mass is 16.2. The summed E-state index contributed by atoms with van der Waals surface area (Å²) in [5.41, 5.74) is -0.0281. The van der Waals surface area contributed by atoms with E-state index in [-0.39, 0.29) is 17.5 Å². The van der Waals surface area contributed by atoms with Crippen LogP contribution >= 0.6 is 0 Å². The van der Waals surface area contributed by atoms with Gasteiger partial charge in [-0.3, -0.25) is 9.59 Å². The summed E-state index contributed by atoms with van der Waals surface area (Å²) in [6, 6.07) is 0. The molecule has 1 aromatic rings. The number of hydrogen-bond donors (Lipinski definition) is 2. The molecule has 3 rings (SSSR count). The number of carbonyl (C=O) groups excluding carboxylic acids is 2. The number of amides is 2. The summed E-state index contributed by atoms with van der Waals surface area (Å²) in [5.74, 6) is 0.735. The number of nitrogens with zero attached hydrogens (tertiary/aromatic N) is 2. The van der Waals surface area contributed by atoms with E-state index < -0.39 is 0 Å². The Morgan fingerprint density at radius 3 is 2.59 bits per heavy atom. The van der Waals surface area contributed by atoms with Crippen molar-refractivity contribution in [2.24, 2.45) is 5.92 Å². The van der Waals surface area contributed by atoms with E-state index in [1.54, 1.807) is 4.90 Å². The van der Waals surface area contributed by atoms with E-state index in [0.29, 0.717) is 31.1 Å². The average Bonchev–Trinajstić information content (AvgIpc) is 3.13. The van der Waals surface area contributed by atoms with Crippen LogP contribution in [0.1, 0.15) is 42.6 Å². The van der Waals surface area contributed by atoms with E-state index in [2.05, 4.69) is 9.97 Å². The Morgan fingerprint density at radius 1 is 1.23 bits per heavy atom. The van der Waals surface area contributed by atoms with Crippen LogP contribution < -0.4 is 5.69 Å². The Kier molecular flexibility index (Phi) is 4.31. The highest BCUT2D eigenvalue weighted by Gasteiger charge is 2.26. The van der Waals surface area contributed by atoms with Crippen molar-refractivity contribution in [3.8, 4) is 0 Å². The van der Waals surface area contributed by atoms with Crippen LogP contribution in [0.5, 0.6) is 0 Å². The van der Waals surface area contributed by atoms with Crippen molar-refractivity contribution in [1.29, 1.82) is 0 Å². The number of nitrogens with one attached hydrogen (secondary N) is 2. The quantitative estimate of drug-likeness (QED) is 0.852. The van der Waals surface area contributed by atoms with Crippen molar-refractivity contribution in [1.82, 2.24) is 19.8 Å². The molecular weight excluding hydrogens is 284 g/mol. The van der Waals surface area contributed by atoms with Crippen molar-refractivity contribution < 1.29 is 9.59 Å². The van der Waals surface area contributed by atoms with Crippen LogP contribution in [0.4, 0.5) is 0 Å². The third-order valence-electron chi connectivity index (χ3n) is 4.71. The van der Waals surface area contributed by atoms with Gasteiger partial charge in [0.25, 0.3) is 5.91 Å². The van der Waals surface area contributed by atoms with Gasteiger partial charge in [0.2, 0.25) is 5.91 Å². The van der Waals surface area contributed by atoms with Crippen LogP contribution in [0.25, 0.3) is 0 Å². The second-order valence-electron chi connectivity index (χ2n) is 6.17. The molecule has 2 aliphatic heterocycles. The summed E-state index contributed by atoms with van der Waals surface area (Å²) >= 11 is 0. The fraction of sp³-hybridized carbons (Fsp3) is 0.667. The van der Waals surface area contributed by atoms with Gasteiger partial charge in [-0.05, 0) is 31.6 Å². The van der Waals surface area contributed by atoms with Gasteiger partial charge in [0.1, 0.15) is 5.69 Å². The topological polar surface area (TPSA) is 89.3 Å². The maximum Gasteiger partial charge on any atom is 0.323 e. The predicted molar refractivity (Wildman–Crippen MR) is 80.5 cm³/mol. The SMILES string of the molecule is O=C1CCCN1CCC1CCN(C(=O)c2c[nH]c(=O)[nH]2)CC1. The van der Waals surface area contributed by atoms with E-state index in [4.69, 9.17) is 0 Å². The summed E-state index contributed by atoms with van der Waals surface area (Å²) in [7, 11) is 0. The van der Waals surface area contributed by atoms with Crippen LogP contribution in [-0.2, 0) is 4.79 Å². The lowest BCUT2D eigenvalue weighted by Gasteiger charge is -2.32. The number of imidazole rings is 1. The number of likely N-dealkylation sites (tertiary alicyclic amines) is 2. The molecule has 0 aromatic carbocycles. The molecule has 22 heavy (non-hydrogen) atoms. The zero-order valence-electron chi connectivity index (χ0n) is 12.6. The summed E-state index contributed by atoms with van der Waals surface area (Å²) in [6.45, 7) is 3.18. The molecule has 7 heteroatoms. The Bertz CT molecular complexity index is 598. The lowest BCUT2D eigenvalue weighted by molar-refractivity contribution is -0.127. The van der Waals surface area contributed by atoms with Gasteiger partial charge in [-0.1, -0.05) is 0 Å². The minimum atomic E-state index is -0.353. The minimum Gasteiger partial charge on any atom is -0.343 e. The lowest BCUT2D eigenvalue weighted by atomic mass is 9.93. The number of rotatable bonds is 4. The first-order valence-electron chi connectivity index (χ1n) is 7.98. The largest absolute Gasteiger partial charge is 0.343 e. The number of aromatic amines is 2. The first kappa shape index (κ1) is 14.9. The van der Waals surface area contributed by atoms with E-state index in [1.807, 2.05) is 4.90 Å². The number of H-pyrrole nitrogens is 2. The molecular formula is C15H22N4O3. The second-order valence-corrected chi connectivity index (χ2v) is 6.17. The maximum atomic E-state index is 12.2. The average molecular weight is 306 g/mol. The fourth-order valence-electron chi connectivity index (χ4n) is 3.32. The molecule has 0 saturated carbocycles. The Labute approximate surface area is 128 Å². The molecule has 2 aliphatic rings. The minimum absolute atomic E-state index is 0.119. The van der Waals surface area contributed by atoms with Crippen molar-refractivity contribution >= 4 is 11.8 Å². The van der Waals surface area contributed by atoms with Gasteiger partial charge in [-0.15, -0.1) is 0 Å². The van der Waals surface area contributed by atoms with Crippen LogP contribution in [-0.4, -0.2) is 57.8 Å². The molecule has 0 radical (unpaired) electrons. The Balaban J connectivity index is 1.45. The standard InChI is InChI=1S/C15H22N4O3/c20-13-2-1-6-18(13)7-3-11-4-8-19(9-5-11)14(21)12-10-16-15(22)17-12/h10-11H,1-9H2,(H2,16,17,22). The molecule has 2 amide bonds. The maximum absolute atomic E-state index is 12.2. The van der Waals surface area contributed by atoms with E-state index >= 15 is 0 Å². The molecule has 2 fully saturated rings. The zero-order valence-corrected chi connectivity index (χ0v) is 12.6. The number of aromatic nitrogens is 2. The summed E-state index contributed by atoms with van der Waals surface area (Å²) < 4.78 is 0. The highest BCUT2D eigenvalue weighted by molar-refractivity contribution is 5.92. The van der Waals surface area contributed by atoms with E-state index in [0.717, 1.165) is 38.8 Å². The number of piperidine rings is 1. The highest BCUT2D eigenvalue weighted by Crippen LogP contribution is 2.22. The van der Waals surface area contributed by atoms with Gasteiger partial charge < -0.3 is 19.8 Å². The first-order valence-corrected chi connectivity index (χ1v) is 7.98. The van der Waals surface area contributed by atoms with Gasteiger partial charge in [0, 0.05) is 38.8 Å². The zero-order chi connectivity index (χ0) is 15.5. The molecule has 2 saturated heterocycles. The van der Waals surface area contributed by atoms with Gasteiger partial charge in [-0.25, -0.2) is 4.79 Å². The van der Waals surface area contributed by atoms with Crippen LogP contribution in [0, 0.1) is 5.92 Å². The number of carbonyl (C=O) groups is 2. The molecule has 2 N–H and O–H groups in total. The van der Waals surface area contributed by atoms with Crippen LogP contribution in [0.3, 0.4) is 0 Å². The van der Waals surface area contributed by atoms with E-state index in [1.165, 1.54) is 6.20 Å².